The van der Waals surface area contributed by atoms with Crippen LogP contribution in [-0.2, 0) is 11.8 Å². The number of carbonyl (C=O) groups is 1. The van der Waals surface area contributed by atoms with Crippen molar-refractivity contribution < 1.29 is 9.53 Å². The van der Waals surface area contributed by atoms with E-state index in [1.807, 2.05) is 35.9 Å². The summed E-state index contributed by atoms with van der Waals surface area (Å²) in [4.78, 5) is 11.5. The zero-order chi connectivity index (χ0) is 16.9. The van der Waals surface area contributed by atoms with Crippen molar-refractivity contribution in [1.29, 1.82) is 0 Å². The third-order valence-electron chi connectivity index (χ3n) is 3.33. The fourth-order valence-corrected chi connectivity index (χ4v) is 3.10. The molecule has 1 aromatic heterocycles. The number of thiazole rings is 1. The van der Waals surface area contributed by atoms with E-state index in [2.05, 4.69) is 22.3 Å². The lowest BCUT2D eigenvalue weighted by Gasteiger charge is -2.02. The number of aryl methyl sites for hydroxylation is 1. The molecule has 122 valence electrons. The SMILES string of the molecule is Cn1/c(=N/N=C/c2ccc(OCC(N)=O)cc2)sc2ccccc21. The van der Waals surface area contributed by atoms with Gasteiger partial charge in [-0.05, 0) is 42.0 Å². The maximum Gasteiger partial charge on any atom is 0.255 e. The van der Waals surface area contributed by atoms with Crippen LogP contribution >= 0.6 is 11.3 Å². The first-order valence-electron chi connectivity index (χ1n) is 7.26. The van der Waals surface area contributed by atoms with Crippen molar-refractivity contribution in [2.24, 2.45) is 23.0 Å². The summed E-state index contributed by atoms with van der Waals surface area (Å²) >= 11 is 1.59. The molecule has 6 nitrogen and oxygen atoms in total. The minimum Gasteiger partial charge on any atom is -0.484 e. The molecule has 0 saturated carbocycles. The first kappa shape index (κ1) is 15.9. The number of carbonyl (C=O) groups excluding carboxylic acids is 1. The number of amides is 1. The molecule has 0 bridgehead atoms. The summed E-state index contributed by atoms with van der Waals surface area (Å²) in [5, 5.41) is 8.43. The Morgan fingerprint density at radius 2 is 2.00 bits per heavy atom. The van der Waals surface area contributed by atoms with Gasteiger partial charge in [-0.2, -0.15) is 5.10 Å². The molecule has 3 rings (SSSR count). The normalized spacial score (nSPS) is 12.1. The van der Waals surface area contributed by atoms with Gasteiger partial charge in [0.2, 0.25) is 4.80 Å². The molecule has 0 aliphatic rings. The summed E-state index contributed by atoms with van der Waals surface area (Å²) in [7, 11) is 1.97. The fraction of sp³-hybridized carbons (Fsp3) is 0.118. The number of benzene rings is 2. The summed E-state index contributed by atoms with van der Waals surface area (Å²) in [5.74, 6) is 0.0782. The average molecular weight is 340 g/mol. The van der Waals surface area contributed by atoms with Crippen molar-refractivity contribution in [3.05, 3.63) is 58.9 Å². The van der Waals surface area contributed by atoms with Gasteiger partial charge < -0.3 is 15.0 Å². The van der Waals surface area contributed by atoms with Gasteiger partial charge in [0.15, 0.2) is 6.61 Å². The van der Waals surface area contributed by atoms with Crippen molar-refractivity contribution in [1.82, 2.24) is 4.57 Å². The van der Waals surface area contributed by atoms with E-state index in [1.165, 1.54) is 4.70 Å². The smallest absolute Gasteiger partial charge is 0.255 e. The summed E-state index contributed by atoms with van der Waals surface area (Å²) in [5.41, 5.74) is 7.05. The molecule has 0 fully saturated rings. The van der Waals surface area contributed by atoms with Crippen LogP contribution in [0.5, 0.6) is 5.75 Å². The van der Waals surface area contributed by atoms with Gasteiger partial charge in [0.05, 0.1) is 16.4 Å². The third kappa shape index (κ3) is 3.69. The summed E-state index contributed by atoms with van der Waals surface area (Å²) in [6.07, 6.45) is 1.67. The minimum absolute atomic E-state index is 0.134. The molecule has 1 heterocycles. The minimum atomic E-state index is -0.504. The van der Waals surface area contributed by atoms with Gasteiger partial charge >= 0.3 is 0 Å². The van der Waals surface area contributed by atoms with Crippen molar-refractivity contribution in [2.45, 2.75) is 0 Å². The van der Waals surface area contributed by atoms with Gasteiger partial charge in [0.25, 0.3) is 5.91 Å². The maximum atomic E-state index is 10.7. The Kier molecular flexibility index (Phi) is 4.72. The van der Waals surface area contributed by atoms with Gasteiger partial charge in [-0.15, -0.1) is 5.10 Å². The standard InChI is InChI=1S/C17H16N4O2S/c1-21-14-4-2-3-5-15(14)24-17(21)20-19-10-12-6-8-13(9-7-12)23-11-16(18)22/h2-10H,11H2,1H3,(H2,18,22)/b19-10+,20-17-. The van der Waals surface area contributed by atoms with Crippen LogP contribution in [0.2, 0.25) is 0 Å². The lowest BCUT2D eigenvalue weighted by Crippen LogP contribution is -2.19. The second-order valence-corrected chi connectivity index (χ2v) is 6.09. The molecule has 0 atom stereocenters. The van der Waals surface area contributed by atoms with Crippen LogP contribution in [0, 0.1) is 0 Å². The third-order valence-corrected chi connectivity index (χ3v) is 4.43. The highest BCUT2D eigenvalue weighted by Gasteiger charge is 2.00. The molecule has 0 radical (unpaired) electrons. The molecule has 0 aliphatic heterocycles. The number of ether oxygens (including phenoxy) is 1. The number of aromatic nitrogens is 1. The molecule has 7 heteroatoms. The number of hydrogen-bond donors (Lipinski definition) is 1. The monoisotopic (exact) mass is 340 g/mol. The second kappa shape index (κ2) is 7.10. The highest BCUT2D eigenvalue weighted by Crippen LogP contribution is 2.15. The molecule has 3 aromatic rings. The number of rotatable bonds is 5. The molecule has 0 saturated heterocycles. The van der Waals surface area contributed by atoms with Gasteiger partial charge in [-0.3, -0.25) is 4.79 Å². The number of nitrogens with two attached hydrogens (primary N) is 1. The Bertz CT molecular complexity index is 955. The van der Waals surface area contributed by atoms with Gasteiger partial charge in [-0.1, -0.05) is 23.5 Å². The number of primary amides is 1. The number of fused-ring (bicyclic) bond motifs is 1. The van der Waals surface area contributed by atoms with E-state index >= 15 is 0 Å². The number of hydrogen-bond acceptors (Lipinski definition) is 5. The van der Waals surface area contributed by atoms with Crippen LogP contribution in [0.15, 0.2) is 58.7 Å². The highest BCUT2D eigenvalue weighted by atomic mass is 32.1. The first-order valence-corrected chi connectivity index (χ1v) is 8.08. The van der Waals surface area contributed by atoms with Crippen LogP contribution in [0.25, 0.3) is 10.2 Å². The molecule has 1 amide bonds. The zero-order valence-electron chi connectivity index (χ0n) is 13.0. The molecular formula is C17H16N4O2S. The Hall–Kier alpha value is -2.93. The summed E-state index contributed by atoms with van der Waals surface area (Å²) in [6, 6.07) is 15.3. The Morgan fingerprint density at radius 1 is 1.25 bits per heavy atom. The van der Waals surface area contributed by atoms with E-state index in [0.29, 0.717) is 5.75 Å². The summed E-state index contributed by atoms with van der Waals surface area (Å²) in [6.45, 7) is -0.134. The molecule has 2 N–H and O–H groups in total. The highest BCUT2D eigenvalue weighted by molar-refractivity contribution is 7.16. The molecular weight excluding hydrogens is 324 g/mol. The fourth-order valence-electron chi connectivity index (χ4n) is 2.13. The van der Waals surface area contributed by atoms with Crippen LogP contribution in [-0.4, -0.2) is 23.3 Å². The van der Waals surface area contributed by atoms with E-state index < -0.39 is 5.91 Å². The Morgan fingerprint density at radius 3 is 2.71 bits per heavy atom. The van der Waals surface area contributed by atoms with Crippen LogP contribution in [0.3, 0.4) is 0 Å². The average Bonchev–Trinajstić information content (AvgIpc) is 2.91. The van der Waals surface area contributed by atoms with E-state index in [0.717, 1.165) is 15.9 Å². The topological polar surface area (TPSA) is 82.0 Å². The zero-order valence-corrected chi connectivity index (χ0v) is 13.9. The van der Waals surface area contributed by atoms with Crippen molar-refractivity contribution in [3.8, 4) is 5.75 Å². The van der Waals surface area contributed by atoms with E-state index in [-0.39, 0.29) is 6.61 Å². The first-order chi connectivity index (χ1) is 11.6. The van der Waals surface area contributed by atoms with Gasteiger partial charge in [-0.25, -0.2) is 0 Å². The van der Waals surface area contributed by atoms with Crippen molar-refractivity contribution in [2.75, 3.05) is 6.61 Å². The van der Waals surface area contributed by atoms with Crippen molar-refractivity contribution >= 4 is 33.7 Å². The van der Waals surface area contributed by atoms with Crippen LogP contribution in [0.1, 0.15) is 5.56 Å². The lowest BCUT2D eigenvalue weighted by atomic mass is 10.2. The van der Waals surface area contributed by atoms with E-state index in [9.17, 15) is 4.79 Å². The van der Waals surface area contributed by atoms with Crippen molar-refractivity contribution in [3.63, 3.8) is 0 Å². The molecule has 0 unspecified atom stereocenters. The predicted octanol–water partition coefficient (Wildman–Crippen LogP) is 2.04. The number of nitrogens with zero attached hydrogens (tertiary/aromatic N) is 3. The Balaban J connectivity index is 1.75. The molecule has 0 aliphatic carbocycles. The van der Waals surface area contributed by atoms with Crippen LogP contribution < -0.4 is 15.3 Å². The lowest BCUT2D eigenvalue weighted by molar-refractivity contribution is -0.119. The molecule has 2 aromatic carbocycles. The van der Waals surface area contributed by atoms with E-state index in [4.69, 9.17) is 10.5 Å². The largest absolute Gasteiger partial charge is 0.484 e. The van der Waals surface area contributed by atoms with Gasteiger partial charge in [0, 0.05) is 7.05 Å². The van der Waals surface area contributed by atoms with Gasteiger partial charge in [0.1, 0.15) is 5.75 Å². The van der Waals surface area contributed by atoms with E-state index in [1.54, 1.807) is 29.7 Å². The molecule has 24 heavy (non-hydrogen) atoms. The summed E-state index contributed by atoms with van der Waals surface area (Å²) < 4.78 is 8.38. The predicted molar refractivity (Wildman–Crippen MR) is 95.1 cm³/mol. The second-order valence-electron chi connectivity index (χ2n) is 5.08. The quantitative estimate of drug-likeness (QED) is 0.569. The maximum absolute atomic E-state index is 10.7. The Labute approximate surface area is 142 Å². The number of para-hydroxylation sites is 1. The molecule has 0 spiro atoms. The van der Waals surface area contributed by atoms with Crippen LogP contribution in [0.4, 0.5) is 0 Å².